The quantitative estimate of drug-likeness (QED) is 0.345. The Morgan fingerprint density at radius 3 is 2.48 bits per heavy atom. The van der Waals surface area contributed by atoms with Gasteiger partial charge in [-0.05, 0) is 43.9 Å². The van der Waals surface area contributed by atoms with Crippen LogP contribution in [0.5, 0.6) is 0 Å². The van der Waals surface area contributed by atoms with E-state index in [4.69, 9.17) is 27.9 Å². The maximum atomic E-state index is 11.7. The molecule has 2 rings (SSSR count). The highest BCUT2D eigenvalue weighted by Crippen LogP contribution is 2.24. The standard InChI is InChI=1S/C18H26Cl2N4O2.HI/c1-3-26-18(25)24-11-8-13(9-12-24)23-17(21-2)22-10-7-14-15(19)5-4-6-16(14)20;/h4-6,13H,3,7-12H2,1-2H3,(H2,21,22,23);1H. The number of rotatable bonds is 5. The SMILES string of the molecule is CCOC(=O)N1CCC(NC(=NC)NCCc2c(Cl)cccc2Cl)CC1.I. The molecule has 1 saturated heterocycles. The number of carbonyl (C=O) groups is 1. The zero-order valence-electron chi connectivity index (χ0n) is 15.6. The summed E-state index contributed by atoms with van der Waals surface area (Å²) in [6.07, 6.45) is 2.19. The maximum absolute atomic E-state index is 11.7. The van der Waals surface area contributed by atoms with Gasteiger partial charge in [-0.15, -0.1) is 24.0 Å². The molecule has 0 bridgehead atoms. The van der Waals surface area contributed by atoms with Gasteiger partial charge in [0.1, 0.15) is 0 Å². The fraction of sp³-hybridized carbons (Fsp3) is 0.556. The average Bonchev–Trinajstić information content (AvgIpc) is 2.64. The molecule has 0 aromatic heterocycles. The number of nitrogens with zero attached hydrogens (tertiary/aromatic N) is 2. The number of carbonyl (C=O) groups excluding carboxylic acids is 1. The van der Waals surface area contributed by atoms with Crippen molar-refractivity contribution in [3.8, 4) is 0 Å². The summed E-state index contributed by atoms with van der Waals surface area (Å²) < 4.78 is 5.04. The number of likely N-dealkylation sites (tertiary alicyclic amines) is 1. The van der Waals surface area contributed by atoms with Gasteiger partial charge in [-0.1, -0.05) is 29.3 Å². The molecule has 1 aromatic carbocycles. The predicted octanol–water partition coefficient (Wildman–Crippen LogP) is 3.94. The minimum absolute atomic E-state index is 0. The topological polar surface area (TPSA) is 66.0 Å². The highest BCUT2D eigenvalue weighted by Gasteiger charge is 2.24. The van der Waals surface area contributed by atoms with Gasteiger partial charge in [-0.3, -0.25) is 4.99 Å². The van der Waals surface area contributed by atoms with Gasteiger partial charge < -0.3 is 20.3 Å². The number of benzene rings is 1. The Balaban J connectivity index is 0.00000364. The molecular weight excluding hydrogens is 502 g/mol. The molecule has 1 amide bonds. The zero-order chi connectivity index (χ0) is 18.9. The highest BCUT2D eigenvalue weighted by molar-refractivity contribution is 14.0. The number of ether oxygens (including phenoxy) is 1. The third-order valence-electron chi connectivity index (χ3n) is 4.31. The lowest BCUT2D eigenvalue weighted by atomic mass is 10.1. The molecule has 0 saturated carbocycles. The molecule has 1 heterocycles. The first-order valence-electron chi connectivity index (χ1n) is 8.87. The molecule has 1 aliphatic heterocycles. The second kappa shape index (κ2) is 12.5. The smallest absolute Gasteiger partial charge is 0.409 e. The van der Waals surface area contributed by atoms with Crippen LogP contribution in [0.4, 0.5) is 4.79 Å². The number of halogens is 3. The van der Waals surface area contributed by atoms with Crippen molar-refractivity contribution >= 4 is 59.2 Å². The van der Waals surface area contributed by atoms with Gasteiger partial charge in [-0.2, -0.15) is 0 Å². The van der Waals surface area contributed by atoms with Gasteiger partial charge in [-0.25, -0.2) is 4.79 Å². The Bertz CT molecular complexity index is 618. The fourth-order valence-electron chi connectivity index (χ4n) is 2.89. The Hall–Kier alpha value is -0.930. The molecule has 0 aliphatic carbocycles. The van der Waals surface area contributed by atoms with Gasteiger partial charge in [0.05, 0.1) is 6.61 Å². The first-order valence-corrected chi connectivity index (χ1v) is 9.62. The van der Waals surface area contributed by atoms with Crippen molar-refractivity contribution in [1.82, 2.24) is 15.5 Å². The Morgan fingerprint density at radius 1 is 1.30 bits per heavy atom. The summed E-state index contributed by atoms with van der Waals surface area (Å²) >= 11 is 12.4. The van der Waals surface area contributed by atoms with E-state index in [2.05, 4.69) is 15.6 Å². The molecule has 0 atom stereocenters. The molecule has 6 nitrogen and oxygen atoms in total. The van der Waals surface area contributed by atoms with Crippen molar-refractivity contribution in [3.05, 3.63) is 33.8 Å². The summed E-state index contributed by atoms with van der Waals surface area (Å²) in [6.45, 7) is 4.26. The normalized spacial score (nSPS) is 15.1. The molecule has 0 spiro atoms. The lowest BCUT2D eigenvalue weighted by Gasteiger charge is -2.32. The van der Waals surface area contributed by atoms with Crippen LogP contribution in [0.15, 0.2) is 23.2 Å². The molecule has 1 aromatic rings. The van der Waals surface area contributed by atoms with E-state index in [9.17, 15) is 4.79 Å². The van der Waals surface area contributed by atoms with Crippen molar-refractivity contribution in [2.75, 3.05) is 33.3 Å². The van der Waals surface area contributed by atoms with Crippen LogP contribution >= 0.6 is 47.2 Å². The van der Waals surface area contributed by atoms with Crippen LogP contribution in [0.1, 0.15) is 25.3 Å². The largest absolute Gasteiger partial charge is 0.450 e. The summed E-state index contributed by atoms with van der Waals surface area (Å²) in [5.41, 5.74) is 0.932. The maximum Gasteiger partial charge on any atom is 0.409 e. The minimum atomic E-state index is -0.231. The second-order valence-electron chi connectivity index (χ2n) is 6.05. The fourth-order valence-corrected chi connectivity index (χ4v) is 3.47. The van der Waals surface area contributed by atoms with Gasteiger partial charge >= 0.3 is 6.09 Å². The van der Waals surface area contributed by atoms with Crippen molar-refractivity contribution in [2.45, 2.75) is 32.2 Å². The molecule has 2 N–H and O–H groups in total. The summed E-state index contributed by atoms with van der Waals surface area (Å²) in [7, 11) is 1.74. The van der Waals surface area contributed by atoms with E-state index in [1.807, 2.05) is 25.1 Å². The minimum Gasteiger partial charge on any atom is -0.450 e. The van der Waals surface area contributed by atoms with E-state index in [0.717, 1.165) is 24.4 Å². The van der Waals surface area contributed by atoms with Crippen LogP contribution in [0.3, 0.4) is 0 Å². The Morgan fingerprint density at radius 2 is 1.93 bits per heavy atom. The van der Waals surface area contributed by atoms with E-state index >= 15 is 0 Å². The van der Waals surface area contributed by atoms with Gasteiger partial charge in [0.2, 0.25) is 0 Å². The molecule has 9 heteroatoms. The Kier molecular flexibility index (Phi) is 11.2. The van der Waals surface area contributed by atoms with E-state index in [-0.39, 0.29) is 36.1 Å². The zero-order valence-corrected chi connectivity index (χ0v) is 19.5. The van der Waals surface area contributed by atoms with Crippen LogP contribution in [-0.4, -0.2) is 56.3 Å². The van der Waals surface area contributed by atoms with Crippen LogP contribution in [0.25, 0.3) is 0 Å². The number of aliphatic imine (C=N–C) groups is 1. The molecular formula is C18H27Cl2IN4O2. The van der Waals surface area contributed by atoms with Crippen molar-refractivity contribution in [2.24, 2.45) is 4.99 Å². The van der Waals surface area contributed by atoms with Crippen LogP contribution in [-0.2, 0) is 11.2 Å². The first-order chi connectivity index (χ1) is 12.5. The molecule has 0 unspecified atom stereocenters. The lowest BCUT2D eigenvalue weighted by Crippen LogP contribution is -2.50. The summed E-state index contributed by atoms with van der Waals surface area (Å²) in [5, 5.41) is 8.05. The van der Waals surface area contributed by atoms with Gasteiger partial charge in [0, 0.05) is 42.8 Å². The third-order valence-corrected chi connectivity index (χ3v) is 5.02. The molecule has 0 radical (unpaired) electrons. The van der Waals surface area contributed by atoms with Crippen LogP contribution in [0, 0.1) is 0 Å². The molecule has 152 valence electrons. The van der Waals surface area contributed by atoms with Crippen molar-refractivity contribution < 1.29 is 9.53 Å². The van der Waals surface area contributed by atoms with Gasteiger partial charge in [0.15, 0.2) is 5.96 Å². The highest BCUT2D eigenvalue weighted by atomic mass is 127. The van der Waals surface area contributed by atoms with Gasteiger partial charge in [0.25, 0.3) is 0 Å². The summed E-state index contributed by atoms with van der Waals surface area (Å²) in [6, 6.07) is 5.79. The summed E-state index contributed by atoms with van der Waals surface area (Å²) in [5.74, 6) is 0.739. The predicted molar refractivity (Wildman–Crippen MR) is 122 cm³/mol. The summed E-state index contributed by atoms with van der Waals surface area (Å²) in [4.78, 5) is 17.8. The number of hydrogen-bond acceptors (Lipinski definition) is 3. The van der Waals surface area contributed by atoms with E-state index < -0.39 is 0 Å². The van der Waals surface area contributed by atoms with Crippen molar-refractivity contribution in [3.63, 3.8) is 0 Å². The third kappa shape index (κ3) is 7.54. The second-order valence-corrected chi connectivity index (χ2v) is 6.87. The first kappa shape index (κ1) is 24.1. The molecule has 27 heavy (non-hydrogen) atoms. The number of piperidine rings is 1. The monoisotopic (exact) mass is 528 g/mol. The Labute approximate surface area is 188 Å². The van der Waals surface area contributed by atoms with Crippen LogP contribution in [0.2, 0.25) is 10.0 Å². The molecule has 1 fully saturated rings. The number of nitrogens with one attached hydrogen (secondary N) is 2. The molecule has 1 aliphatic rings. The number of guanidine groups is 1. The van der Waals surface area contributed by atoms with E-state index in [0.29, 0.717) is 42.7 Å². The van der Waals surface area contributed by atoms with E-state index in [1.54, 1.807) is 11.9 Å². The number of hydrogen-bond donors (Lipinski definition) is 2. The van der Waals surface area contributed by atoms with E-state index in [1.165, 1.54) is 0 Å². The van der Waals surface area contributed by atoms with Crippen LogP contribution < -0.4 is 10.6 Å². The lowest BCUT2D eigenvalue weighted by molar-refractivity contribution is 0.0963. The van der Waals surface area contributed by atoms with Crippen molar-refractivity contribution in [1.29, 1.82) is 0 Å². The average molecular weight is 529 g/mol. The number of amides is 1.